The van der Waals surface area contributed by atoms with Crippen molar-refractivity contribution in [1.29, 1.82) is 0 Å². The SMILES string of the molecule is CCNC(=O)C1CCCCC1CN1C(=O)c2ccccc2C1=O. The molecule has 5 nitrogen and oxygen atoms in total. The number of nitrogens with one attached hydrogen (secondary N) is 1. The summed E-state index contributed by atoms with van der Waals surface area (Å²) >= 11 is 0. The Bertz CT molecular complexity index is 606. The molecular formula is C18H22N2O3. The van der Waals surface area contributed by atoms with Crippen molar-refractivity contribution < 1.29 is 14.4 Å². The van der Waals surface area contributed by atoms with Gasteiger partial charge in [0.15, 0.2) is 0 Å². The third-order valence-electron chi connectivity index (χ3n) is 4.89. The topological polar surface area (TPSA) is 66.5 Å². The molecule has 5 heteroatoms. The van der Waals surface area contributed by atoms with Crippen molar-refractivity contribution in [2.24, 2.45) is 11.8 Å². The van der Waals surface area contributed by atoms with Crippen molar-refractivity contribution in [3.63, 3.8) is 0 Å². The monoisotopic (exact) mass is 314 g/mol. The molecule has 0 aromatic heterocycles. The minimum Gasteiger partial charge on any atom is -0.356 e. The fourth-order valence-electron chi connectivity index (χ4n) is 3.72. The molecule has 122 valence electrons. The Morgan fingerprint density at radius 2 is 1.74 bits per heavy atom. The molecular weight excluding hydrogens is 292 g/mol. The lowest BCUT2D eigenvalue weighted by molar-refractivity contribution is -0.127. The predicted molar refractivity (Wildman–Crippen MR) is 85.9 cm³/mol. The number of hydrogen-bond donors (Lipinski definition) is 1. The molecule has 3 amide bonds. The Morgan fingerprint density at radius 1 is 1.13 bits per heavy atom. The number of hydrogen-bond acceptors (Lipinski definition) is 3. The smallest absolute Gasteiger partial charge is 0.261 e. The second-order valence-electron chi connectivity index (χ2n) is 6.31. The standard InChI is InChI=1S/C18H22N2O3/c1-2-19-16(21)13-8-4-3-7-12(13)11-20-17(22)14-9-5-6-10-15(14)18(20)23/h5-6,9-10,12-13H,2-4,7-8,11H2,1H3,(H,19,21). The molecule has 3 rings (SSSR count). The van der Waals surface area contributed by atoms with Gasteiger partial charge in [-0.15, -0.1) is 0 Å². The maximum Gasteiger partial charge on any atom is 0.261 e. The molecule has 2 unspecified atom stereocenters. The van der Waals surface area contributed by atoms with Crippen LogP contribution in [0.25, 0.3) is 0 Å². The first-order valence-corrected chi connectivity index (χ1v) is 8.36. The molecule has 1 fully saturated rings. The van der Waals surface area contributed by atoms with Gasteiger partial charge in [-0.3, -0.25) is 19.3 Å². The van der Waals surface area contributed by atoms with E-state index in [1.54, 1.807) is 24.3 Å². The second-order valence-corrected chi connectivity index (χ2v) is 6.31. The largest absolute Gasteiger partial charge is 0.356 e. The minimum absolute atomic E-state index is 0.0498. The van der Waals surface area contributed by atoms with Gasteiger partial charge in [-0.2, -0.15) is 0 Å². The molecule has 1 aromatic carbocycles. The van der Waals surface area contributed by atoms with Gasteiger partial charge in [-0.25, -0.2) is 0 Å². The molecule has 2 aliphatic rings. The van der Waals surface area contributed by atoms with E-state index < -0.39 is 0 Å². The lowest BCUT2D eigenvalue weighted by Gasteiger charge is -2.32. The van der Waals surface area contributed by atoms with Gasteiger partial charge in [0.05, 0.1) is 11.1 Å². The number of carbonyl (C=O) groups is 3. The summed E-state index contributed by atoms with van der Waals surface area (Å²) in [6.07, 6.45) is 3.79. The third kappa shape index (κ3) is 2.87. The molecule has 1 N–H and O–H groups in total. The summed E-state index contributed by atoms with van der Waals surface area (Å²) in [6, 6.07) is 6.92. The van der Waals surface area contributed by atoms with E-state index in [1.165, 1.54) is 4.90 Å². The highest BCUT2D eigenvalue weighted by Gasteiger charge is 2.39. The van der Waals surface area contributed by atoms with Gasteiger partial charge in [0.25, 0.3) is 11.8 Å². The third-order valence-corrected chi connectivity index (χ3v) is 4.89. The van der Waals surface area contributed by atoms with Crippen LogP contribution in [0.2, 0.25) is 0 Å². The number of benzene rings is 1. The molecule has 0 bridgehead atoms. The normalized spacial score (nSPS) is 23.8. The first-order valence-electron chi connectivity index (χ1n) is 8.36. The van der Waals surface area contributed by atoms with Crippen LogP contribution in [0, 0.1) is 11.8 Å². The van der Waals surface area contributed by atoms with E-state index in [0.29, 0.717) is 24.2 Å². The van der Waals surface area contributed by atoms with Crippen molar-refractivity contribution >= 4 is 17.7 Å². The molecule has 0 radical (unpaired) electrons. The van der Waals surface area contributed by atoms with E-state index in [4.69, 9.17) is 0 Å². The quantitative estimate of drug-likeness (QED) is 0.867. The van der Waals surface area contributed by atoms with Crippen molar-refractivity contribution in [1.82, 2.24) is 10.2 Å². The maximum absolute atomic E-state index is 12.5. The van der Waals surface area contributed by atoms with Gasteiger partial charge < -0.3 is 5.32 Å². The minimum atomic E-state index is -0.231. The first kappa shape index (κ1) is 15.7. The average molecular weight is 314 g/mol. The summed E-state index contributed by atoms with van der Waals surface area (Å²) in [5, 5.41) is 2.88. The molecule has 1 heterocycles. The zero-order valence-electron chi connectivity index (χ0n) is 13.4. The average Bonchev–Trinajstić information content (AvgIpc) is 2.81. The van der Waals surface area contributed by atoms with Crippen molar-refractivity contribution in [3.05, 3.63) is 35.4 Å². The molecule has 1 aliphatic carbocycles. The Balaban J connectivity index is 1.77. The zero-order valence-corrected chi connectivity index (χ0v) is 13.4. The number of nitrogens with zero attached hydrogens (tertiary/aromatic N) is 1. The van der Waals surface area contributed by atoms with E-state index in [9.17, 15) is 14.4 Å². The fraction of sp³-hybridized carbons (Fsp3) is 0.500. The Morgan fingerprint density at radius 3 is 2.35 bits per heavy atom. The van der Waals surface area contributed by atoms with E-state index in [-0.39, 0.29) is 29.6 Å². The van der Waals surface area contributed by atoms with Crippen LogP contribution < -0.4 is 5.32 Å². The summed E-state index contributed by atoms with van der Waals surface area (Å²) in [5.41, 5.74) is 0.950. The van der Waals surface area contributed by atoms with Gasteiger partial charge in [0.2, 0.25) is 5.91 Å². The predicted octanol–water partition coefficient (Wildman–Crippen LogP) is 2.23. The summed E-state index contributed by atoms with van der Waals surface area (Å²) in [7, 11) is 0. The van der Waals surface area contributed by atoms with Crippen LogP contribution in [0.5, 0.6) is 0 Å². The Kier molecular flexibility index (Phi) is 4.46. The number of fused-ring (bicyclic) bond motifs is 1. The molecule has 1 aliphatic heterocycles. The van der Waals surface area contributed by atoms with Gasteiger partial charge in [0, 0.05) is 19.0 Å². The van der Waals surface area contributed by atoms with Gasteiger partial charge >= 0.3 is 0 Å². The summed E-state index contributed by atoms with van der Waals surface area (Å²) in [6.45, 7) is 2.85. The number of amides is 3. The van der Waals surface area contributed by atoms with Crippen molar-refractivity contribution in [3.8, 4) is 0 Å². The van der Waals surface area contributed by atoms with Gasteiger partial charge in [-0.05, 0) is 37.8 Å². The van der Waals surface area contributed by atoms with E-state index in [1.807, 2.05) is 6.92 Å². The lowest BCUT2D eigenvalue weighted by Crippen LogP contribution is -2.43. The fourth-order valence-corrected chi connectivity index (χ4v) is 3.72. The van der Waals surface area contributed by atoms with Gasteiger partial charge in [0.1, 0.15) is 0 Å². The van der Waals surface area contributed by atoms with Crippen LogP contribution in [0.4, 0.5) is 0 Å². The number of rotatable bonds is 4. The van der Waals surface area contributed by atoms with Crippen LogP contribution in [0.15, 0.2) is 24.3 Å². The summed E-state index contributed by atoms with van der Waals surface area (Å²) in [5.74, 6) is -0.462. The van der Waals surface area contributed by atoms with Crippen LogP contribution in [-0.2, 0) is 4.79 Å². The van der Waals surface area contributed by atoms with Gasteiger partial charge in [-0.1, -0.05) is 25.0 Å². The van der Waals surface area contributed by atoms with Crippen LogP contribution in [-0.4, -0.2) is 35.7 Å². The Labute approximate surface area is 136 Å². The zero-order chi connectivity index (χ0) is 16.4. The molecule has 0 spiro atoms. The van der Waals surface area contributed by atoms with Crippen molar-refractivity contribution in [2.75, 3.05) is 13.1 Å². The molecule has 1 aromatic rings. The van der Waals surface area contributed by atoms with Crippen molar-refractivity contribution in [2.45, 2.75) is 32.6 Å². The molecule has 1 saturated carbocycles. The highest BCUT2D eigenvalue weighted by atomic mass is 16.2. The second kappa shape index (κ2) is 6.52. The number of carbonyl (C=O) groups excluding carboxylic acids is 3. The van der Waals surface area contributed by atoms with Crippen LogP contribution in [0.1, 0.15) is 53.3 Å². The number of imide groups is 1. The van der Waals surface area contributed by atoms with E-state index in [2.05, 4.69) is 5.32 Å². The molecule has 23 heavy (non-hydrogen) atoms. The van der Waals surface area contributed by atoms with Crippen LogP contribution >= 0.6 is 0 Å². The molecule has 2 atom stereocenters. The van der Waals surface area contributed by atoms with Crippen LogP contribution in [0.3, 0.4) is 0 Å². The van der Waals surface area contributed by atoms with E-state index >= 15 is 0 Å². The maximum atomic E-state index is 12.5. The highest BCUT2D eigenvalue weighted by Crippen LogP contribution is 2.33. The highest BCUT2D eigenvalue weighted by molar-refractivity contribution is 6.21. The summed E-state index contributed by atoms with van der Waals surface area (Å²) < 4.78 is 0. The van der Waals surface area contributed by atoms with E-state index in [0.717, 1.165) is 25.7 Å². The molecule has 0 saturated heterocycles. The summed E-state index contributed by atoms with van der Waals surface area (Å²) in [4.78, 5) is 38.6. The first-order chi connectivity index (χ1) is 11.1. The lowest BCUT2D eigenvalue weighted by atomic mass is 9.78. The Hall–Kier alpha value is -2.17.